The topological polar surface area (TPSA) is 67.8 Å². The number of carbonyl (C=O) groups excluding carboxylic acids is 2. The summed E-state index contributed by atoms with van der Waals surface area (Å²) in [5, 5.41) is 2.84. The number of unbranched alkanes of at least 4 members (excludes halogenated alkanes) is 15. The molecule has 0 saturated heterocycles. The van der Waals surface area contributed by atoms with E-state index in [-0.39, 0.29) is 6.09 Å². The van der Waals surface area contributed by atoms with Crippen LogP contribution < -0.4 is 5.32 Å². The first kappa shape index (κ1) is 36.6. The molecule has 0 rings (SSSR count). The maximum absolute atomic E-state index is 11.9. The molecule has 0 aliphatic heterocycles. The van der Waals surface area contributed by atoms with Crippen molar-refractivity contribution in [3.63, 3.8) is 0 Å². The molecule has 6 nitrogen and oxygen atoms in total. The van der Waals surface area contributed by atoms with E-state index in [0.717, 1.165) is 38.5 Å². The van der Waals surface area contributed by atoms with E-state index in [1.165, 1.54) is 121 Å². The fraction of sp³-hybridized carbons (Fsp3) is 0.938. The van der Waals surface area contributed by atoms with Crippen LogP contribution in [0, 0.1) is 0 Å². The van der Waals surface area contributed by atoms with Crippen LogP contribution in [0.2, 0.25) is 0 Å². The van der Waals surface area contributed by atoms with Crippen LogP contribution in [0.5, 0.6) is 0 Å². The standard InChI is InChI=1S/C32H63N3O3/c1-4-7-10-19-26-35(27-20-11-8-5-2,28-21-12-9-6-3)29-22-15-16-23-30-38-32(37)34-25-18-14-13-17-24-33-31-36/h4-30H2,1-3H3/p+1. The molecule has 0 aliphatic rings. The number of rotatable bonds is 29. The molecular formula is C32H64N3O3+. The highest BCUT2D eigenvalue weighted by atomic mass is 16.5. The van der Waals surface area contributed by atoms with E-state index in [9.17, 15) is 9.59 Å². The molecule has 0 aromatic heterocycles. The predicted octanol–water partition coefficient (Wildman–Crippen LogP) is 8.73. The summed E-state index contributed by atoms with van der Waals surface area (Å²) in [4.78, 5) is 25.5. The van der Waals surface area contributed by atoms with Gasteiger partial charge in [-0.25, -0.2) is 14.6 Å². The minimum Gasteiger partial charge on any atom is -0.450 e. The van der Waals surface area contributed by atoms with Crippen LogP contribution in [0.4, 0.5) is 4.79 Å². The summed E-state index contributed by atoms with van der Waals surface area (Å²) in [6.07, 6.45) is 26.1. The van der Waals surface area contributed by atoms with Gasteiger partial charge in [-0.3, -0.25) is 0 Å². The molecule has 0 aromatic rings. The summed E-state index contributed by atoms with van der Waals surface area (Å²) in [6.45, 7) is 14.1. The third-order valence-corrected chi connectivity index (χ3v) is 7.75. The average Bonchev–Trinajstić information content (AvgIpc) is 2.92. The zero-order valence-corrected chi connectivity index (χ0v) is 25.7. The van der Waals surface area contributed by atoms with Gasteiger partial charge >= 0.3 is 6.09 Å². The molecule has 38 heavy (non-hydrogen) atoms. The molecule has 0 aliphatic carbocycles. The molecule has 6 heteroatoms. The fourth-order valence-corrected chi connectivity index (χ4v) is 5.32. The van der Waals surface area contributed by atoms with Gasteiger partial charge in [0.25, 0.3) is 0 Å². The second-order valence-corrected chi connectivity index (χ2v) is 11.3. The van der Waals surface area contributed by atoms with Crippen molar-refractivity contribution in [1.29, 1.82) is 0 Å². The summed E-state index contributed by atoms with van der Waals surface area (Å²) in [5.41, 5.74) is 0. The van der Waals surface area contributed by atoms with Gasteiger partial charge in [0.15, 0.2) is 0 Å². The van der Waals surface area contributed by atoms with Crippen molar-refractivity contribution >= 4 is 12.2 Å². The van der Waals surface area contributed by atoms with Crippen molar-refractivity contribution in [2.24, 2.45) is 4.99 Å². The number of ether oxygens (including phenoxy) is 1. The SMILES string of the molecule is CCCCCC[N+](CCCCCC)(CCCCCC)CCCCCCOC(=O)NCCCCCCN=C=O. The molecule has 0 radical (unpaired) electrons. The summed E-state index contributed by atoms with van der Waals surface area (Å²) < 4.78 is 6.71. The summed E-state index contributed by atoms with van der Waals surface area (Å²) >= 11 is 0. The number of nitrogens with zero attached hydrogens (tertiary/aromatic N) is 2. The number of alkyl carbamates (subject to hydrolysis) is 1. The Balaban J connectivity index is 4.28. The number of isocyanates is 1. The molecule has 0 unspecified atom stereocenters. The normalized spacial score (nSPS) is 11.3. The van der Waals surface area contributed by atoms with E-state index in [0.29, 0.717) is 19.7 Å². The molecule has 0 bridgehead atoms. The largest absolute Gasteiger partial charge is 0.450 e. The van der Waals surface area contributed by atoms with E-state index in [1.54, 1.807) is 6.08 Å². The molecule has 0 aromatic carbocycles. The highest BCUT2D eigenvalue weighted by Crippen LogP contribution is 2.19. The fourth-order valence-electron chi connectivity index (χ4n) is 5.32. The Kier molecular flexibility index (Phi) is 27.6. The van der Waals surface area contributed by atoms with Gasteiger partial charge in [-0.15, -0.1) is 0 Å². The van der Waals surface area contributed by atoms with Crippen LogP contribution in [0.1, 0.15) is 149 Å². The second kappa shape index (κ2) is 28.6. The van der Waals surface area contributed by atoms with Crippen LogP contribution in [0.25, 0.3) is 0 Å². The van der Waals surface area contributed by atoms with E-state index in [4.69, 9.17) is 4.74 Å². The van der Waals surface area contributed by atoms with Gasteiger partial charge < -0.3 is 14.5 Å². The third kappa shape index (κ3) is 23.7. The predicted molar refractivity (Wildman–Crippen MR) is 161 cm³/mol. The van der Waals surface area contributed by atoms with Gasteiger partial charge in [0.1, 0.15) is 0 Å². The van der Waals surface area contributed by atoms with Crippen LogP contribution in [0.15, 0.2) is 4.99 Å². The van der Waals surface area contributed by atoms with Crippen molar-refractivity contribution in [1.82, 2.24) is 5.32 Å². The van der Waals surface area contributed by atoms with Gasteiger partial charge in [0.2, 0.25) is 6.08 Å². The first-order valence-electron chi connectivity index (χ1n) is 16.4. The van der Waals surface area contributed by atoms with Crippen molar-refractivity contribution in [3.05, 3.63) is 0 Å². The molecule has 0 heterocycles. The van der Waals surface area contributed by atoms with Gasteiger partial charge in [0.05, 0.1) is 39.3 Å². The Bertz CT molecular complexity index is 533. The zero-order valence-electron chi connectivity index (χ0n) is 25.7. The van der Waals surface area contributed by atoms with Crippen molar-refractivity contribution in [2.45, 2.75) is 149 Å². The van der Waals surface area contributed by atoms with Crippen LogP contribution >= 0.6 is 0 Å². The summed E-state index contributed by atoms with van der Waals surface area (Å²) in [5.74, 6) is 0. The second-order valence-electron chi connectivity index (χ2n) is 11.3. The van der Waals surface area contributed by atoms with Crippen LogP contribution in [-0.4, -0.2) is 62.5 Å². The lowest BCUT2D eigenvalue weighted by Crippen LogP contribution is -2.50. The van der Waals surface area contributed by atoms with E-state index >= 15 is 0 Å². The Morgan fingerprint density at radius 1 is 0.632 bits per heavy atom. The third-order valence-electron chi connectivity index (χ3n) is 7.75. The monoisotopic (exact) mass is 538 g/mol. The molecule has 0 fully saturated rings. The smallest absolute Gasteiger partial charge is 0.407 e. The van der Waals surface area contributed by atoms with E-state index in [1.807, 2.05) is 0 Å². The van der Waals surface area contributed by atoms with Crippen LogP contribution in [-0.2, 0) is 9.53 Å². The first-order chi connectivity index (χ1) is 18.6. The quantitative estimate of drug-likeness (QED) is 0.0448. The van der Waals surface area contributed by atoms with E-state index < -0.39 is 0 Å². The number of hydrogen-bond acceptors (Lipinski definition) is 4. The Labute approximate surface area is 236 Å². The number of nitrogens with one attached hydrogen (secondary N) is 1. The Hall–Kier alpha value is -1.39. The lowest BCUT2D eigenvalue weighted by atomic mass is 10.1. The average molecular weight is 539 g/mol. The Morgan fingerprint density at radius 3 is 1.58 bits per heavy atom. The molecule has 1 N–H and O–H groups in total. The lowest BCUT2D eigenvalue weighted by molar-refractivity contribution is -0.929. The number of aliphatic imine (C=N–C) groups is 1. The summed E-state index contributed by atoms with van der Waals surface area (Å²) in [7, 11) is 0. The molecule has 0 atom stereocenters. The molecule has 224 valence electrons. The molecule has 0 spiro atoms. The van der Waals surface area contributed by atoms with Gasteiger partial charge in [-0.05, 0) is 77.0 Å². The first-order valence-corrected chi connectivity index (χ1v) is 16.4. The highest BCUT2D eigenvalue weighted by Gasteiger charge is 2.25. The van der Waals surface area contributed by atoms with Gasteiger partial charge in [-0.1, -0.05) is 72.1 Å². The van der Waals surface area contributed by atoms with Crippen molar-refractivity contribution in [2.75, 3.05) is 45.9 Å². The van der Waals surface area contributed by atoms with Gasteiger partial charge in [-0.2, -0.15) is 0 Å². The maximum Gasteiger partial charge on any atom is 0.407 e. The summed E-state index contributed by atoms with van der Waals surface area (Å²) in [6, 6.07) is 0. The zero-order chi connectivity index (χ0) is 28.0. The Morgan fingerprint density at radius 2 is 1.08 bits per heavy atom. The minimum atomic E-state index is -0.294. The van der Waals surface area contributed by atoms with Gasteiger partial charge in [0, 0.05) is 6.54 Å². The number of carbonyl (C=O) groups is 1. The number of quaternary nitrogens is 1. The van der Waals surface area contributed by atoms with E-state index in [2.05, 4.69) is 31.1 Å². The van der Waals surface area contributed by atoms with Crippen molar-refractivity contribution in [3.8, 4) is 0 Å². The maximum atomic E-state index is 11.9. The molecule has 1 amide bonds. The number of amides is 1. The number of hydrogen-bond donors (Lipinski definition) is 1. The van der Waals surface area contributed by atoms with Crippen molar-refractivity contribution < 1.29 is 18.8 Å². The van der Waals surface area contributed by atoms with Crippen LogP contribution in [0.3, 0.4) is 0 Å². The molecular weight excluding hydrogens is 474 g/mol. The minimum absolute atomic E-state index is 0.294. The lowest BCUT2D eigenvalue weighted by Gasteiger charge is -2.39. The highest BCUT2D eigenvalue weighted by molar-refractivity contribution is 5.66. The molecule has 0 saturated carbocycles.